The van der Waals surface area contributed by atoms with Gasteiger partial charge in [-0.15, -0.1) is 0 Å². The Bertz CT molecular complexity index is 801. The minimum atomic E-state index is -0.788. The third-order valence-electron chi connectivity index (χ3n) is 4.48. The number of hydrogen-bond acceptors (Lipinski definition) is 4. The van der Waals surface area contributed by atoms with E-state index < -0.39 is 5.97 Å². The fourth-order valence-electron chi connectivity index (χ4n) is 3.40. The normalized spacial score (nSPS) is 16.2. The van der Waals surface area contributed by atoms with Gasteiger partial charge in [0.15, 0.2) is 11.3 Å². The van der Waals surface area contributed by atoms with Crippen molar-refractivity contribution in [1.29, 1.82) is 0 Å². The van der Waals surface area contributed by atoms with Gasteiger partial charge in [-0.3, -0.25) is 4.79 Å². The maximum Gasteiger partial charge on any atom is 0.303 e. The molecule has 2 aromatic heterocycles. The molecule has 5 nitrogen and oxygen atoms in total. The molecule has 1 aliphatic carbocycles. The highest BCUT2D eigenvalue weighted by molar-refractivity contribution is 6.05. The van der Waals surface area contributed by atoms with Gasteiger partial charge in [-0.2, -0.15) is 0 Å². The molecule has 0 amide bonds. The van der Waals surface area contributed by atoms with Crippen LogP contribution < -0.4 is 4.74 Å². The Morgan fingerprint density at radius 1 is 1.27 bits per heavy atom. The summed E-state index contributed by atoms with van der Waals surface area (Å²) >= 11 is 0. The molecule has 1 unspecified atom stereocenters. The summed E-state index contributed by atoms with van der Waals surface area (Å²) in [4.78, 5) is 11.3. The van der Waals surface area contributed by atoms with Crippen LogP contribution in [0.5, 0.6) is 5.75 Å². The molecule has 1 saturated carbocycles. The molecule has 3 aromatic rings. The molecule has 1 aromatic carbocycles. The van der Waals surface area contributed by atoms with E-state index >= 15 is 0 Å². The number of rotatable bonds is 5. The van der Waals surface area contributed by atoms with Gasteiger partial charge < -0.3 is 18.7 Å². The first kappa shape index (κ1) is 13.2. The number of benzene rings is 1. The van der Waals surface area contributed by atoms with Gasteiger partial charge in [-0.25, -0.2) is 0 Å². The summed E-state index contributed by atoms with van der Waals surface area (Å²) in [6.45, 7) is 0. The van der Waals surface area contributed by atoms with Crippen molar-refractivity contribution in [3.8, 4) is 5.75 Å². The maximum atomic E-state index is 11.3. The van der Waals surface area contributed by atoms with Gasteiger partial charge >= 0.3 is 5.97 Å². The predicted molar refractivity (Wildman–Crippen MR) is 80.3 cm³/mol. The summed E-state index contributed by atoms with van der Waals surface area (Å²) in [5.74, 6) is 0.189. The van der Waals surface area contributed by atoms with Crippen LogP contribution in [0, 0.1) is 5.92 Å². The van der Waals surface area contributed by atoms with Crippen LogP contribution in [0.4, 0.5) is 0 Å². The number of furan rings is 2. The number of fused-ring (bicyclic) bond motifs is 2. The molecule has 1 N–H and O–H groups in total. The van der Waals surface area contributed by atoms with Crippen molar-refractivity contribution in [2.45, 2.75) is 25.2 Å². The van der Waals surface area contributed by atoms with E-state index in [1.807, 2.05) is 12.1 Å². The van der Waals surface area contributed by atoms with Crippen molar-refractivity contribution in [1.82, 2.24) is 0 Å². The van der Waals surface area contributed by atoms with Crippen molar-refractivity contribution < 1.29 is 23.5 Å². The van der Waals surface area contributed by atoms with Gasteiger partial charge in [0.1, 0.15) is 5.58 Å². The van der Waals surface area contributed by atoms with Crippen molar-refractivity contribution in [2.75, 3.05) is 7.11 Å². The molecule has 1 aliphatic rings. The van der Waals surface area contributed by atoms with Gasteiger partial charge in [-0.1, -0.05) is 0 Å². The highest BCUT2D eigenvalue weighted by Crippen LogP contribution is 2.50. The number of carbonyl (C=O) groups is 1. The average Bonchev–Trinajstić information content (AvgIpc) is 3.02. The monoisotopic (exact) mass is 300 g/mol. The van der Waals surface area contributed by atoms with E-state index in [-0.39, 0.29) is 12.3 Å². The third-order valence-corrected chi connectivity index (χ3v) is 4.48. The number of aliphatic carboxylic acids is 1. The highest BCUT2D eigenvalue weighted by Gasteiger charge is 2.37. The average molecular weight is 300 g/mol. The summed E-state index contributed by atoms with van der Waals surface area (Å²) < 4.78 is 16.8. The molecule has 4 rings (SSSR count). The van der Waals surface area contributed by atoms with Crippen molar-refractivity contribution >= 4 is 27.9 Å². The fourth-order valence-corrected chi connectivity index (χ4v) is 3.40. The van der Waals surface area contributed by atoms with E-state index in [1.165, 1.54) is 0 Å². The lowest BCUT2D eigenvalue weighted by Crippen LogP contribution is -2.09. The van der Waals surface area contributed by atoms with Crippen LogP contribution in [0.1, 0.15) is 30.7 Å². The molecule has 5 heteroatoms. The minimum Gasteiger partial charge on any atom is -0.492 e. The number of ether oxygens (including phenoxy) is 1. The van der Waals surface area contributed by atoms with Crippen LogP contribution in [0.3, 0.4) is 0 Å². The first-order chi connectivity index (χ1) is 10.7. The Morgan fingerprint density at radius 2 is 1.95 bits per heavy atom. The van der Waals surface area contributed by atoms with Gasteiger partial charge in [0, 0.05) is 16.9 Å². The Balaban J connectivity index is 2.03. The van der Waals surface area contributed by atoms with Crippen LogP contribution in [0.2, 0.25) is 0 Å². The summed E-state index contributed by atoms with van der Waals surface area (Å²) in [6.07, 6.45) is 5.45. The second-order valence-corrected chi connectivity index (χ2v) is 5.82. The van der Waals surface area contributed by atoms with Crippen molar-refractivity contribution in [3.05, 3.63) is 30.2 Å². The fraction of sp³-hybridized carbons (Fsp3) is 0.353. The lowest BCUT2D eigenvalue weighted by molar-refractivity contribution is -0.137. The van der Waals surface area contributed by atoms with Gasteiger partial charge in [0.2, 0.25) is 0 Å². The first-order valence-electron chi connectivity index (χ1n) is 7.36. The topological polar surface area (TPSA) is 72.8 Å². The van der Waals surface area contributed by atoms with Crippen LogP contribution in [0.15, 0.2) is 33.5 Å². The van der Waals surface area contributed by atoms with Crippen LogP contribution in [-0.4, -0.2) is 18.2 Å². The number of methoxy groups -OCH3 is 1. The Labute approximate surface area is 126 Å². The van der Waals surface area contributed by atoms with E-state index in [2.05, 4.69) is 0 Å². The molecule has 1 atom stereocenters. The molecule has 0 bridgehead atoms. The molecular formula is C17H16O5. The quantitative estimate of drug-likeness (QED) is 0.766. The minimum absolute atomic E-state index is 0.0582. The molecule has 0 radical (unpaired) electrons. The van der Waals surface area contributed by atoms with E-state index in [1.54, 1.807) is 19.6 Å². The molecule has 2 heterocycles. The van der Waals surface area contributed by atoms with E-state index in [0.717, 1.165) is 29.2 Å². The first-order valence-corrected chi connectivity index (χ1v) is 7.36. The standard InChI is InChI=1S/C17H16O5/c1-20-16-11-5-7-21-15(11)14(10-4-6-22-17(10)16)12(8-13(18)19)9-2-3-9/h4-7,9,12H,2-3,8H2,1H3,(H,18,19). The van der Waals surface area contributed by atoms with E-state index in [0.29, 0.717) is 22.8 Å². The molecule has 0 saturated heterocycles. The summed E-state index contributed by atoms with van der Waals surface area (Å²) in [7, 11) is 1.60. The van der Waals surface area contributed by atoms with Crippen LogP contribution in [-0.2, 0) is 4.79 Å². The van der Waals surface area contributed by atoms with Crippen LogP contribution in [0.25, 0.3) is 21.9 Å². The maximum absolute atomic E-state index is 11.3. The van der Waals surface area contributed by atoms with Gasteiger partial charge in [0.05, 0.1) is 31.4 Å². The summed E-state index contributed by atoms with van der Waals surface area (Å²) in [6, 6.07) is 3.71. The third kappa shape index (κ3) is 1.89. The summed E-state index contributed by atoms with van der Waals surface area (Å²) in [5.41, 5.74) is 2.31. The van der Waals surface area contributed by atoms with E-state index in [9.17, 15) is 9.90 Å². The SMILES string of the molecule is COc1c2ccoc2c(C(CC(=O)O)C2CC2)c2ccoc12. The summed E-state index contributed by atoms with van der Waals surface area (Å²) in [5, 5.41) is 11.0. The second-order valence-electron chi connectivity index (χ2n) is 5.82. The Kier molecular flexibility index (Phi) is 2.89. The zero-order valence-electron chi connectivity index (χ0n) is 12.2. The Hall–Kier alpha value is -2.43. The molecule has 0 aliphatic heterocycles. The van der Waals surface area contributed by atoms with Crippen molar-refractivity contribution in [2.24, 2.45) is 5.92 Å². The van der Waals surface area contributed by atoms with Gasteiger partial charge in [-0.05, 0) is 30.9 Å². The molecular weight excluding hydrogens is 284 g/mol. The molecule has 22 heavy (non-hydrogen) atoms. The highest BCUT2D eigenvalue weighted by atomic mass is 16.5. The van der Waals surface area contributed by atoms with Gasteiger partial charge in [0.25, 0.3) is 0 Å². The predicted octanol–water partition coefficient (Wildman–Crippen LogP) is 4.16. The number of hydrogen-bond donors (Lipinski definition) is 1. The van der Waals surface area contributed by atoms with Crippen LogP contribution >= 0.6 is 0 Å². The largest absolute Gasteiger partial charge is 0.492 e. The number of carboxylic acids is 1. The molecule has 0 spiro atoms. The van der Waals surface area contributed by atoms with E-state index in [4.69, 9.17) is 13.6 Å². The molecule has 1 fully saturated rings. The zero-order valence-corrected chi connectivity index (χ0v) is 12.2. The smallest absolute Gasteiger partial charge is 0.303 e. The Morgan fingerprint density at radius 3 is 2.59 bits per heavy atom. The second kappa shape index (κ2) is 4.80. The lowest BCUT2D eigenvalue weighted by atomic mass is 9.87. The number of carboxylic acid groups (broad SMARTS) is 1. The zero-order chi connectivity index (χ0) is 15.3. The lowest BCUT2D eigenvalue weighted by Gasteiger charge is -2.17. The molecule has 114 valence electrons. The van der Waals surface area contributed by atoms with Crippen molar-refractivity contribution in [3.63, 3.8) is 0 Å².